The Balaban J connectivity index is 1.49. The molecule has 1 fully saturated rings. The molecule has 0 unspecified atom stereocenters. The van der Waals surface area contributed by atoms with E-state index in [2.05, 4.69) is 35.4 Å². The van der Waals surface area contributed by atoms with Crippen molar-refractivity contribution >= 4 is 22.9 Å². The lowest BCUT2D eigenvalue weighted by atomic mass is 9.97. The fourth-order valence-corrected chi connectivity index (χ4v) is 3.25. The van der Waals surface area contributed by atoms with Crippen LogP contribution in [0.4, 0.5) is 4.79 Å². The summed E-state index contributed by atoms with van der Waals surface area (Å²) in [6.45, 7) is 3.65. The van der Waals surface area contributed by atoms with Crippen molar-refractivity contribution in [3.05, 3.63) is 35.5 Å². The number of amides is 2. The number of nitrogens with zero attached hydrogens (tertiary/aromatic N) is 1. The van der Waals surface area contributed by atoms with Crippen LogP contribution in [0.1, 0.15) is 24.0 Å². The number of hydrogen-bond donors (Lipinski definition) is 3. The molecule has 24 heavy (non-hydrogen) atoms. The van der Waals surface area contributed by atoms with E-state index in [0.29, 0.717) is 32.5 Å². The van der Waals surface area contributed by atoms with Crippen LogP contribution in [0.25, 0.3) is 10.9 Å². The highest BCUT2D eigenvalue weighted by Crippen LogP contribution is 2.20. The van der Waals surface area contributed by atoms with Gasteiger partial charge in [-0.3, -0.25) is 4.79 Å². The van der Waals surface area contributed by atoms with Gasteiger partial charge in [0, 0.05) is 36.7 Å². The molecule has 128 valence electrons. The first kappa shape index (κ1) is 16.4. The van der Waals surface area contributed by atoms with Crippen LogP contribution in [-0.2, 0) is 11.2 Å². The molecule has 1 aliphatic rings. The molecule has 0 spiro atoms. The van der Waals surface area contributed by atoms with Crippen molar-refractivity contribution in [3.8, 4) is 0 Å². The lowest BCUT2D eigenvalue weighted by Gasteiger charge is -2.30. The first-order chi connectivity index (χ1) is 11.5. The number of H-pyrrole nitrogens is 1. The molecule has 2 amide bonds. The number of aryl methyl sites for hydroxylation is 1. The molecule has 6 nitrogen and oxygen atoms in total. The second-order valence-corrected chi connectivity index (χ2v) is 6.44. The van der Waals surface area contributed by atoms with Gasteiger partial charge in [-0.1, -0.05) is 12.1 Å². The molecule has 0 bridgehead atoms. The maximum atomic E-state index is 12.2. The number of aromatic amines is 1. The number of urea groups is 1. The number of fused-ring (bicyclic) bond motifs is 1. The van der Waals surface area contributed by atoms with Crippen LogP contribution in [0.2, 0.25) is 0 Å². The number of aliphatic carboxylic acids is 1. The Bertz CT molecular complexity index is 745. The minimum atomic E-state index is -0.760. The standard InChI is InChI=1S/C18H23N3O3/c1-12-2-3-15-14(11-20-16(15)10-12)4-7-19-18(24)21-8-5-13(6-9-21)17(22)23/h2-3,10-11,13,20H,4-9H2,1H3,(H,19,24)(H,22,23). The molecule has 2 aromatic rings. The highest BCUT2D eigenvalue weighted by atomic mass is 16.4. The van der Waals surface area contributed by atoms with Gasteiger partial charge in [-0.25, -0.2) is 4.79 Å². The first-order valence-corrected chi connectivity index (χ1v) is 8.37. The third-order valence-electron chi connectivity index (χ3n) is 4.72. The van der Waals surface area contributed by atoms with E-state index in [-0.39, 0.29) is 11.9 Å². The molecule has 0 radical (unpaired) electrons. The minimum absolute atomic E-state index is 0.102. The van der Waals surface area contributed by atoms with Gasteiger partial charge in [-0.05, 0) is 43.4 Å². The van der Waals surface area contributed by atoms with Crippen molar-refractivity contribution < 1.29 is 14.7 Å². The Morgan fingerprint density at radius 2 is 2.08 bits per heavy atom. The van der Waals surface area contributed by atoms with Crippen LogP contribution in [0.15, 0.2) is 24.4 Å². The van der Waals surface area contributed by atoms with Gasteiger partial charge in [-0.2, -0.15) is 0 Å². The van der Waals surface area contributed by atoms with Gasteiger partial charge in [0.2, 0.25) is 0 Å². The summed E-state index contributed by atoms with van der Waals surface area (Å²) in [7, 11) is 0. The first-order valence-electron chi connectivity index (χ1n) is 8.37. The van der Waals surface area contributed by atoms with E-state index < -0.39 is 5.97 Å². The van der Waals surface area contributed by atoms with Crippen molar-refractivity contribution in [3.63, 3.8) is 0 Å². The minimum Gasteiger partial charge on any atom is -0.481 e. The van der Waals surface area contributed by atoms with Crippen LogP contribution in [0.5, 0.6) is 0 Å². The predicted molar refractivity (Wildman–Crippen MR) is 92.1 cm³/mol. The van der Waals surface area contributed by atoms with Crippen molar-refractivity contribution in [2.45, 2.75) is 26.2 Å². The summed E-state index contributed by atoms with van der Waals surface area (Å²) in [5, 5.41) is 13.1. The number of likely N-dealkylation sites (tertiary alicyclic amines) is 1. The van der Waals surface area contributed by atoms with Gasteiger partial charge in [0.25, 0.3) is 0 Å². The van der Waals surface area contributed by atoms with E-state index in [9.17, 15) is 9.59 Å². The molecule has 2 heterocycles. The lowest BCUT2D eigenvalue weighted by molar-refractivity contribution is -0.143. The number of aromatic nitrogens is 1. The third-order valence-corrected chi connectivity index (χ3v) is 4.72. The largest absolute Gasteiger partial charge is 0.481 e. The molecule has 1 saturated heterocycles. The van der Waals surface area contributed by atoms with Crippen LogP contribution < -0.4 is 5.32 Å². The molecule has 0 aliphatic carbocycles. The maximum absolute atomic E-state index is 12.2. The second-order valence-electron chi connectivity index (χ2n) is 6.44. The summed E-state index contributed by atoms with van der Waals surface area (Å²) in [5.41, 5.74) is 3.52. The normalized spacial score (nSPS) is 15.6. The van der Waals surface area contributed by atoms with E-state index in [1.165, 1.54) is 16.5 Å². The molecule has 1 aromatic heterocycles. The quantitative estimate of drug-likeness (QED) is 0.806. The summed E-state index contributed by atoms with van der Waals surface area (Å²) >= 11 is 0. The van der Waals surface area contributed by atoms with Crippen LogP contribution in [0, 0.1) is 12.8 Å². The van der Waals surface area contributed by atoms with Gasteiger partial charge in [0.1, 0.15) is 0 Å². The Hall–Kier alpha value is -2.50. The number of nitrogens with one attached hydrogen (secondary N) is 2. The molecule has 0 atom stereocenters. The average molecular weight is 329 g/mol. The Kier molecular flexibility index (Phi) is 4.74. The van der Waals surface area contributed by atoms with Gasteiger partial charge < -0.3 is 20.3 Å². The number of carboxylic acids is 1. The smallest absolute Gasteiger partial charge is 0.317 e. The third kappa shape index (κ3) is 3.53. The predicted octanol–water partition coefficient (Wildman–Crippen LogP) is 2.53. The number of hydrogen-bond acceptors (Lipinski definition) is 2. The summed E-state index contributed by atoms with van der Waals surface area (Å²) < 4.78 is 0. The summed E-state index contributed by atoms with van der Waals surface area (Å²) in [5.74, 6) is -1.08. The fraction of sp³-hybridized carbons (Fsp3) is 0.444. The number of benzene rings is 1. The zero-order valence-corrected chi connectivity index (χ0v) is 13.8. The van der Waals surface area contributed by atoms with Crippen LogP contribution >= 0.6 is 0 Å². The molecule has 6 heteroatoms. The number of carbonyl (C=O) groups is 2. The molecule has 1 aliphatic heterocycles. The van der Waals surface area contributed by atoms with Gasteiger partial charge in [0.05, 0.1) is 5.92 Å². The van der Waals surface area contributed by atoms with Crippen molar-refractivity contribution in [2.24, 2.45) is 5.92 Å². The van der Waals surface area contributed by atoms with Crippen LogP contribution in [-0.4, -0.2) is 46.6 Å². The Labute approximate surface area is 140 Å². The monoisotopic (exact) mass is 329 g/mol. The van der Waals surface area contributed by atoms with Crippen LogP contribution in [0.3, 0.4) is 0 Å². The van der Waals surface area contributed by atoms with Crippen molar-refractivity contribution in [2.75, 3.05) is 19.6 Å². The van der Waals surface area contributed by atoms with Crippen molar-refractivity contribution in [1.29, 1.82) is 0 Å². The van der Waals surface area contributed by atoms with E-state index in [1.54, 1.807) is 4.90 Å². The highest BCUT2D eigenvalue weighted by Gasteiger charge is 2.26. The molecule has 3 rings (SSSR count). The van der Waals surface area contributed by atoms with Gasteiger partial charge in [0.15, 0.2) is 0 Å². The maximum Gasteiger partial charge on any atom is 0.317 e. The summed E-state index contributed by atoms with van der Waals surface area (Å²) in [6, 6.07) is 6.21. The van der Waals surface area contributed by atoms with E-state index >= 15 is 0 Å². The highest BCUT2D eigenvalue weighted by molar-refractivity contribution is 5.84. The SMILES string of the molecule is Cc1ccc2c(CCNC(=O)N3CCC(C(=O)O)CC3)c[nH]c2c1. The molecular weight excluding hydrogens is 306 g/mol. The zero-order chi connectivity index (χ0) is 17.1. The van der Waals surface area contributed by atoms with E-state index in [1.807, 2.05) is 6.20 Å². The van der Waals surface area contributed by atoms with Gasteiger partial charge >= 0.3 is 12.0 Å². The molecule has 0 saturated carbocycles. The number of rotatable bonds is 4. The number of carbonyl (C=O) groups excluding carboxylic acids is 1. The Morgan fingerprint density at radius 3 is 2.79 bits per heavy atom. The lowest BCUT2D eigenvalue weighted by Crippen LogP contribution is -2.45. The molecular formula is C18H23N3O3. The molecule has 1 aromatic carbocycles. The van der Waals surface area contributed by atoms with E-state index in [0.717, 1.165) is 11.9 Å². The van der Waals surface area contributed by atoms with E-state index in [4.69, 9.17) is 5.11 Å². The number of carboxylic acid groups (broad SMARTS) is 1. The fourth-order valence-electron chi connectivity index (χ4n) is 3.25. The van der Waals surface area contributed by atoms with Gasteiger partial charge in [-0.15, -0.1) is 0 Å². The summed E-state index contributed by atoms with van der Waals surface area (Å²) in [6.07, 6.45) is 3.82. The summed E-state index contributed by atoms with van der Waals surface area (Å²) in [4.78, 5) is 28.1. The number of piperidine rings is 1. The zero-order valence-electron chi connectivity index (χ0n) is 13.8. The topological polar surface area (TPSA) is 85.4 Å². The Morgan fingerprint density at radius 1 is 1.33 bits per heavy atom. The average Bonchev–Trinajstić information content (AvgIpc) is 2.97. The second kappa shape index (κ2) is 6.95. The van der Waals surface area contributed by atoms with Crippen molar-refractivity contribution in [1.82, 2.24) is 15.2 Å². The molecule has 3 N–H and O–H groups in total.